The van der Waals surface area contributed by atoms with Crippen molar-refractivity contribution in [3.05, 3.63) is 30.5 Å². The lowest BCUT2D eigenvalue weighted by Crippen LogP contribution is -2.04. The molecule has 0 bridgehead atoms. The van der Waals surface area contributed by atoms with Crippen LogP contribution in [0.15, 0.2) is 24.7 Å². The number of carboxylic acids is 1. The molecule has 0 fully saturated rings. The summed E-state index contributed by atoms with van der Waals surface area (Å²) in [7, 11) is 0. The van der Waals surface area contributed by atoms with Crippen LogP contribution in [0.1, 0.15) is 12.2 Å². The molecule has 0 saturated carbocycles. The summed E-state index contributed by atoms with van der Waals surface area (Å²) in [5.41, 5.74) is 0.792. The molecule has 0 aliphatic heterocycles. The van der Waals surface area contributed by atoms with Crippen molar-refractivity contribution < 1.29 is 9.90 Å². The number of fused-ring (bicyclic) bond motifs is 1. The highest BCUT2D eigenvalue weighted by molar-refractivity contribution is 5.66. The number of aromatic nitrogens is 3. The number of nitrogens with zero attached hydrogens (tertiary/aromatic N) is 3. The first-order valence-electron chi connectivity index (χ1n) is 4.26. The summed E-state index contributed by atoms with van der Waals surface area (Å²) < 4.78 is 1.79. The predicted octanol–water partition coefficient (Wildman–Crippen LogP) is 0.747. The first kappa shape index (κ1) is 8.68. The molecular formula is C9H9N3O2. The quantitative estimate of drug-likeness (QED) is 0.777. The van der Waals surface area contributed by atoms with Gasteiger partial charge in [0.15, 0.2) is 0 Å². The second-order valence-electron chi connectivity index (χ2n) is 2.91. The van der Waals surface area contributed by atoms with Crippen LogP contribution in [0, 0.1) is 0 Å². The molecule has 0 saturated heterocycles. The van der Waals surface area contributed by atoms with Crippen LogP contribution in [-0.4, -0.2) is 25.4 Å². The van der Waals surface area contributed by atoms with Crippen LogP contribution in [0.25, 0.3) is 5.65 Å². The van der Waals surface area contributed by atoms with E-state index in [0.29, 0.717) is 6.42 Å². The van der Waals surface area contributed by atoms with Crippen LogP contribution in [0.2, 0.25) is 0 Å². The maximum atomic E-state index is 10.4. The van der Waals surface area contributed by atoms with Gasteiger partial charge in [-0.3, -0.25) is 9.20 Å². The first-order chi connectivity index (χ1) is 6.77. The zero-order valence-electron chi connectivity index (χ0n) is 7.42. The smallest absolute Gasteiger partial charge is 0.303 e. The SMILES string of the molecule is O=C(O)CCc1nccc2nccn12. The number of aryl methyl sites for hydroxylation is 1. The molecule has 5 nitrogen and oxygen atoms in total. The molecule has 2 heterocycles. The lowest BCUT2D eigenvalue weighted by molar-refractivity contribution is -0.137. The Balaban J connectivity index is 2.32. The van der Waals surface area contributed by atoms with Crippen LogP contribution < -0.4 is 0 Å². The molecule has 0 unspecified atom stereocenters. The monoisotopic (exact) mass is 191 g/mol. The van der Waals surface area contributed by atoms with E-state index in [1.165, 1.54) is 0 Å². The van der Waals surface area contributed by atoms with E-state index >= 15 is 0 Å². The maximum Gasteiger partial charge on any atom is 0.303 e. The molecule has 1 N–H and O–H groups in total. The number of imidazole rings is 1. The van der Waals surface area contributed by atoms with Crippen molar-refractivity contribution in [1.82, 2.24) is 14.4 Å². The summed E-state index contributed by atoms with van der Waals surface area (Å²) >= 11 is 0. The van der Waals surface area contributed by atoms with Gasteiger partial charge in [0.1, 0.15) is 11.5 Å². The van der Waals surface area contributed by atoms with Gasteiger partial charge in [0.05, 0.1) is 6.42 Å². The van der Waals surface area contributed by atoms with E-state index in [4.69, 9.17) is 5.11 Å². The molecule has 0 aliphatic carbocycles. The normalized spacial score (nSPS) is 10.6. The van der Waals surface area contributed by atoms with Gasteiger partial charge in [0.25, 0.3) is 0 Å². The van der Waals surface area contributed by atoms with E-state index in [0.717, 1.165) is 11.5 Å². The summed E-state index contributed by atoms with van der Waals surface area (Å²) in [5, 5.41) is 8.54. The summed E-state index contributed by atoms with van der Waals surface area (Å²) in [4.78, 5) is 18.6. The van der Waals surface area contributed by atoms with Crippen molar-refractivity contribution in [3.8, 4) is 0 Å². The third-order valence-electron chi connectivity index (χ3n) is 1.96. The van der Waals surface area contributed by atoms with Crippen molar-refractivity contribution in [2.75, 3.05) is 0 Å². The lowest BCUT2D eigenvalue weighted by atomic mass is 10.3. The topological polar surface area (TPSA) is 67.5 Å². The molecule has 0 spiro atoms. The number of hydrogen-bond acceptors (Lipinski definition) is 3. The maximum absolute atomic E-state index is 10.4. The molecule has 2 aromatic rings. The molecule has 2 aromatic heterocycles. The van der Waals surface area contributed by atoms with Gasteiger partial charge in [-0.1, -0.05) is 0 Å². The Bertz CT molecular complexity index is 464. The Hall–Kier alpha value is -1.91. The summed E-state index contributed by atoms with van der Waals surface area (Å²) in [6.07, 6.45) is 5.59. The van der Waals surface area contributed by atoms with Gasteiger partial charge in [-0.2, -0.15) is 0 Å². The second-order valence-corrected chi connectivity index (χ2v) is 2.91. The van der Waals surface area contributed by atoms with Gasteiger partial charge < -0.3 is 5.11 Å². The van der Waals surface area contributed by atoms with Crippen LogP contribution in [0.4, 0.5) is 0 Å². The highest BCUT2D eigenvalue weighted by Crippen LogP contribution is 2.04. The van der Waals surface area contributed by atoms with Crippen molar-refractivity contribution in [2.45, 2.75) is 12.8 Å². The van der Waals surface area contributed by atoms with Gasteiger partial charge in [-0.05, 0) is 6.07 Å². The molecule has 72 valence electrons. The Kier molecular flexibility index (Phi) is 2.14. The molecule has 0 aromatic carbocycles. The Morgan fingerprint density at radius 3 is 3.07 bits per heavy atom. The van der Waals surface area contributed by atoms with Gasteiger partial charge in [-0.15, -0.1) is 0 Å². The van der Waals surface area contributed by atoms with Gasteiger partial charge in [0, 0.05) is 25.0 Å². The van der Waals surface area contributed by atoms with Crippen molar-refractivity contribution in [2.24, 2.45) is 0 Å². The van der Waals surface area contributed by atoms with E-state index in [9.17, 15) is 4.79 Å². The Labute approximate surface area is 80.0 Å². The molecule has 0 aliphatic rings. The largest absolute Gasteiger partial charge is 0.481 e. The lowest BCUT2D eigenvalue weighted by Gasteiger charge is -2.01. The van der Waals surface area contributed by atoms with Crippen LogP contribution in [0.3, 0.4) is 0 Å². The molecule has 2 rings (SSSR count). The fraction of sp³-hybridized carbons (Fsp3) is 0.222. The summed E-state index contributed by atoms with van der Waals surface area (Å²) in [5.74, 6) is -0.0914. The first-order valence-corrected chi connectivity index (χ1v) is 4.26. The third kappa shape index (κ3) is 1.56. The van der Waals surface area contributed by atoms with Crippen molar-refractivity contribution in [3.63, 3.8) is 0 Å². The minimum absolute atomic E-state index is 0.0876. The third-order valence-corrected chi connectivity index (χ3v) is 1.96. The molecule has 0 amide bonds. The molecule has 5 heteroatoms. The zero-order valence-corrected chi connectivity index (χ0v) is 7.42. The summed E-state index contributed by atoms with van der Waals surface area (Å²) in [6.45, 7) is 0. The summed E-state index contributed by atoms with van der Waals surface area (Å²) in [6, 6.07) is 1.78. The van der Waals surface area contributed by atoms with E-state index in [2.05, 4.69) is 9.97 Å². The minimum Gasteiger partial charge on any atom is -0.481 e. The van der Waals surface area contributed by atoms with Crippen LogP contribution in [0.5, 0.6) is 0 Å². The van der Waals surface area contributed by atoms with E-state index < -0.39 is 5.97 Å². The Morgan fingerprint density at radius 2 is 2.29 bits per heavy atom. The van der Waals surface area contributed by atoms with E-state index in [1.807, 2.05) is 0 Å². The van der Waals surface area contributed by atoms with Gasteiger partial charge >= 0.3 is 5.97 Å². The average Bonchev–Trinajstić information content (AvgIpc) is 2.62. The van der Waals surface area contributed by atoms with E-state index in [-0.39, 0.29) is 6.42 Å². The van der Waals surface area contributed by atoms with Crippen LogP contribution in [-0.2, 0) is 11.2 Å². The van der Waals surface area contributed by atoms with Crippen LogP contribution >= 0.6 is 0 Å². The Morgan fingerprint density at radius 1 is 1.43 bits per heavy atom. The molecule has 0 atom stereocenters. The standard InChI is InChI=1S/C9H9N3O2/c13-9(14)2-1-7-10-4-3-8-11-5-6-12(7)8/h3-6H,1-2H2,(H,13,14). The number of hydrogen-bond donors (Lipinski definition) is 1. The number of carboxylic acid groups (broad SMARTS) is 1. The molecule has 14 heavy (non-hydrogen) atoms. The van der Waals surface area contributed by atoms with E-state index in [1.54, 1.807) is 29.1 Å². The number of aliphatic carboxylic acids is 1. The van der Waals surface area contributed by atoms with Gasteiger partial charge in [-0.25, -0.2) is 9.97 Å². The minimum atomic E-state index is -0.816. The molecular weight excluding hydrogens is 182 g/mol. The average molecular weight is 191 g/mol. The highest BCUT2D eigenvalue weighted by Gasteiger charge is 2.04. The zero-order chi connectivity index (χ0) is 9.97. The van der Waals surface area contributed by atoms with Crippen molar-refractivity contribution in [1.29, 1.82) is 0 Å². The van der Waals surface area contributed by atoms with Gasteiger partial charge in [0.2, 0.25) is 0 Å². The van der Waals surface area contributed by atoms with Crippen molar-refractivity contribution >= 4 is 11.6 Å². The second kappa shape index (κ2) is 3.45. The number of rotatable bonds is 3. The predicted molar refractivity (Wildman–Crippen MR) is 48.9 cm³/mol. The number of carbonyl (C=O) groups is 1. The fourth-order valence-corrected chi connectivity index (χ4v) is 1.31. The fourth-order valence-electron chi connectivity index (χ4n) is 1.31. The molecule has 0 radical (unpaired) electrons. The highest BCUT2D eigenvalue weighted by atomic mass is 16.4.